The Kier molecular flexibility index (Phi) is 6.11. The van der Waals surface area contributed by atoms with Crippen molar-refractivity contribution in [2.24, 2.45) is 0 Å². The van der Waals surface area contributed by atoms with Crippen molar-refractivity contribution in [3.8, 4) is 17.1 Å². The van der Waals surface area contributed by atoms with Gasteiger partial charge in [0.15, 0.2) is 5.42 Å². The molecule has 2 aliphatic heterocycles. The lowest BCUT2D eigenvalue weighted by molar-refractivity contribution is 0.558. The van der Waals surface area contributed by atoms with Crippen LogP contribution in [0.5, 0.6) is 0 Å². The molecule has 254 valence electrons. The summed E-state index contributed by atoms with van der Waals surface area (Å²) < 4.78 is 9.27. The Labute approximate surface area is 311 Å². The molecule has 1 aliphatic carbocycles. The first-order chi connectivity index (χ1) is 26.8. The summed E-state index contributed by atoms with van der Waals surface area (Å²) in [5.74, 6) is 0.913. The van der Waals surface area contributed by atoms with E-state index < -0.39 is 0 Å². The van der Waals surface area contributed by atoms with Crippen molar-refractivity contribution >= 4 is 56.0 Å². The molecule has 0 bridgehead atoms. The first-order valence-electron chi connectivity index (χ1n) is 18.6. The average molecular weight is 693 g/mol. The highest BCUT2D eigenvalue weighted by atomic mass is 16.3. The van der Waals surface area contributed by atoms with Crippen molar-refractivity contribution in [1.29, 1.82) is 0 Å². The van der Waals surface area contributed by atoms with Crippen molar-refractivity contribution in [1.82, 2.24) is 9.55 Å². The molecule has 5 heteroatoms. The molecular weight excluding hydrogens is 661 g/mol. The van der Waals surface area contributed by atoms with E-state index in [1.807, 2.05) is 0 Å². The number of para-hydroxylation sites is 7. The number of rotatable bonds is 4. The van der Waals surface area contributed by atoms with Gasteiger partial charge in [0.05, 0.1) is 28.7 Å². The number of nitrogens with zero attached hydrogens (tertiary/aromatic N) is 4. The molecule has 12 rings (SSSR count). The van der Waals surface area contributed by atoms with Gasteiger partial charge in [-0.1, -0.05) is 115 Å². The van der Waals surface area contributed by atoms with Crippen LogP contribution in [0.4, 0.5) is 22.7 Å². The molecule has 0 fully saturated rings. The van der Waals surface area contributed by atoms with E-state index in [4.69, 9.17) is 9.40 Å². The number of imidazole rings is 1. The SMILES string of the molecule is c1ccc(N2C3=c4oc5ccccc5c4=C4c5ccccc5N(c5cccc(-c6nc7ccccc7n6-c6ccccc6)c5)C4C3c3ccccc32)cc1. The van der Waals surface area contributed by atoms with Gasteiger partial charge >= 0.3 is 0 Å². The second kappa shape index (κ2) is 11.2. The summed E-state index contributed by atoms with van der Waals surface area (Å²) in [5, 5.41) is 2.33. The minimum atomic E-state index is -0.0380. The van der Waals surface area contributed by atoms with Gasteiger partial charge in [-0.2, -0.15) is 0 Å². The molecule has 2 unspecified atom stereocenters. The van der Waals surface area contributed by atoms with E-state index in [0.717, 1.165) is 55.9 Å². The zero-order valence-electron chi connectivity index (χ0n) is 29.2. The van der Waals surface area contributed by atoms with E-state index in [0.29, 0.717) is 0 Å². The highest BCUT2D eigenvalue weighted by Crippen LogP contribution is 2.58. The molecule has 54 heavy (non-hydrogen) atoms. The van der Waals surface area contributed by atoms with E-state index in [1.54, 1.807) is 0 Å². The zero-order chi connectivity index (χ0) is 35.3. The van der Waals surface area contributed by atoms with E-state index in [-0.39, 0.29) is 12.0 Å². The second-order valence-electron chi connectivity index (χ2n) is 14.3. The van der Waals surface area contributed by atoms with Crippen LogP contribution in [0, 0.1) is 0 Å². The van der Waals surface area contributed by atoms with Crippen LogP contribution in [0.15, 0.2) is 186 Å². The van der Waals surface area contributed by atoms with Crippen LogP contribution >= 0.6 is 0 Å². The lowest BCUT2D eigenvalue weighted by Crippen LogP contribution is -2.45. The Balaban J connectivity index is 1.15. The Morgan fingerprint density at radius 2 is 1.24 bits per heavy atom. The van der Waals surface area contributed by atoms with Gasteiger partial charge < -0.3 is 14.2 Å². The van der Waals surface area contributed by atoms with Crippen molar-refractivity contribution in [3.05, 3.63) is 204 Å². The quantitative estimate of drug-likeness (QED) is 0.184. The molecule has 0 saturated heterocycles. The molecule has 0 N–H and O–H groups in total. The lowest BCUT2D eigenvalue weighted by atomic mass is 9.81. The minimum absolute atomic E-state index is 0.00517. The molecule has 4 heterocycles. The molecule has 0 radical (unpaired) electrons. The van der Waals surface area contributed by atoms with Gasteiger partial charge in [-0.3, -0.25) is 4.57 Å². The van der Waals surface area contributed by atoms with Crippen molar-refractivity contribution in [2.75, 3.05) is 9.80 Å². The number of benzene rings is 7. The Morgan fingerprint density at radius 1 is 0.556 bits per heavy atom. The van der Waals surface area contributed by atoms with E-state index in [1.165, 1.54) is 39.0 Å². The maximum Gasteiger partial charge on any atom is 0.156 e. The molecule has 3 aliphatic rings. The summed E-state index contributed by atoms with van der Waals surface area (Å²) in [5.41, 5.74) is 15.7. The summed E-state index contributed by atoms with van der Waals surface area (Å²) in [6, 6.07) is 65.0. The Hall–Kier alpha value is -7.11. The van der Waals surface area contributed by atoms with Crippen LogP contribution in [-0.2, 0) is 0 Å². The van der Waals surface area contributed by atoms with Crippen LogP contribution in [0.3, 0.4) is 0 Å². The largest absolute Gasteiger partial charge is 0.454 e. The first kappa shape index (κ1) is 29.5. The fraction of sp³-hybridized carbons (Fsp3) is 0.0408. The van der Waals surface area contributed by atoms with E-state index >= 15 is 0 Å². The second-order valence-corrected chi connectivity index (χ2v) is 14.3. The van der Waals surface area contributed by atoms with Gasteiger partial charge in [0.1, 0.15) is 11.4 Å². The number of hydrogen-bond acceptors (Lipinski definition) is 4. The van der Waals surface area contributed by atoms with Gasteiger partial charge in [0.2, 0.25) is 0 Å². The van der Waals surface area contributed by atoms with Gasteiger partial charge in [0, 0.05) is 50.2 Å². The molecule has 9 aromatic rings. The number of furan rings is 1. The third kappa shape index (κ3) is 4.01. The molecule has 5 nitrogen and oxygen atoms in total. The lowest BCUT2D eigenvalue weighted by Gasteiger charge is -2.35. The average Bonchev–Trinajstić information content (AvgIpc) is 3.99. The maximum atomic E-state index is 6.98. The predicted octanol–water partition coefficient (Wildman–Crippen LogP) is 10.2. The summed E-state index contributed by atoms with van der Waals surface area (Å²) in [7, 11) is 0. The normalized spacial score (nSPS) is 16.7. The Morgan fingerprint density at radius 3 is 2.11 bits per heavy atom. The van der Waals surface area contributed by atoms with E-state index in [2.05, 4.69) is 196 Å². The first-order valence-corrected chi connectivity index (χ1v) is 18.6. The molecule has 2 atom stereocenters. The van der Waals surface area contributed by atoms with Gasteiger partial charge in [-0.25, -0.2) is 4.98 Å². The fourth-order valence-corrected chi connectivity index (χ4v) is 9.38. The van der Waals surface area contributed by atoms with Gasteiger partial charge in [-0.05, 0) is 77.9 Å². The molecule has 2 aromatic heterocycles. The number of anilines is 4. The monoisotopic (exact) mass is 692 g/mol. The highest BCUT2D eigenvalue weighted by Gasteiger charge is 2.51. The molecule has 0 amide bonds. The van der Waals surface area contributed by atoms with Crippen molar-refractivity contribution in [3.63, 3.8) is 0 Å². The Bertz CT molecular complexity index is 3090. The molecular formula is C49H32N4O. The zero-order valence-corrected chi connectivity index (χ0v) is 29.2. The summed E-state index contributed by atoms with van der Waals surface area (Å²) >= 11 is 0. The van der Waals surface area contributed by atoms with Gasteiger partial charge in [-0.15, -0.1) is 0 Å². The number of aromatic nitrogens is 2. The highest BCUT2D eigenvalue weighted by molar-refractivity contribution is 6.03. The molecule has 0 spiro atoms. The van der Waals surface area contributed by atoms with Crippen LogP contribution < -0.4 is 20.4 Å². The van der Waals surface area contributed by atoms with Crippen LogP contribution in [-0.4, -0.2) is 15.6 Å². The molecule has 7 aromatic carbocycles. The minimum Gasteiger partial charge on any atom is -0.454 e. The van der Waals surface area contributed by atoms with Crippen LogP contribution in [0.25, 0.3) is 50.3 Å². The van der Waals surface area contributed by atoms with Crippen LogP contribution in [0.2, 0.25) is 0 Å². The number of fused-ring (bicyclic) bond motifs is 11. The van der Waals surface area contributed by atoms with Crippen molar-refractivity contribution < 1.29 is 4.42 Å². The maximum absolute atomic E-state index is 6.98. The van der Waals surface area contributed by atoms with Crippen molar-refractivity contribution in [2.45, 2.75) is 12.0 Å². The van der Waals surface area contributed by atoms with E-state index in [9.17, 15) is 0 Å². The topological polar surface area (TPSA) is 37.4 Å². The summed E-state index contributed by atoms with van der Waals surface area (Å²) in [4.78, 5) is 10.3. The standard InChI is InChI=1S/C49H32N4O/c1-3-17-32(18-4-1)51-40-27-12-8-23-36(40)45-46-43(44-37-24-9-14-29-42(37)54-48(44)47(45)51)35-22-7-11-26-39(35)52(46)34-21-15-16-31(30-34)49-50-38-25-10-13-28-41(38)53(49)33-19-5-2-6-20-33/h1-30,45-46H. The van der Waals surface area contributed by atoms with Gasteiger partial charge in [0.25, 0.3) is 0 Å². The smallest absolute Gasteiger partial charge is 0.156 e. The summed E-state index contributed by atoms with van der Waals surface area (Å²) in [6.07, 6.45) is 0. The third-order valence-electron chi connectivity index (χ3n) is 11.5. The predicted molar refractivity (Wildman–Crippen MR) is 218 cm³/mol. The third-order valence-corrected chi connectivity index (χ3v) is 11.5. The van der Waals surface area contributed by atoms with Crippen LogP contribution in [0.1, 0.15) is 17.0 Å². The fourth-order valence-electron chi connectivity index (χ4n) is 9.38. The summed E-state index contributed by atoms with van der Waals surface area (Å²) in [6.45, 7) is 0. The molecule has 0 saturated carbocycles. The number of hydrogen-bond donors (Lipinski definition) is 0.